The highest BCUT2D eigenvalue weighted by atomic mass is 16.5. The topological polar surface area (TPSA) is 67.2 Å². The number of nitrogens with zero attached hydrogens (tertiary/aromatic N) is 2. The molecule has 1 aliphatic rings. The minimum atomic E-state index is 0.213. The number of benzene rings is 1. The van der Waals surface area contributed by atoms with Crippen molar-refractivity contribution in [2.45, 2.75) is 32.9 Å². The fourth-order valence-electron chi connectivity index (χ4n) is 2.67. The van der Waals surface area contributed by atoms with E-state index in [1.54, 1.807) is 12.3 Å². The van der Waals surface area contributed by atoms with Crippen LogP contribution < -0.4 is 14.8 Å². The second kappa shape index (κ2) is 6.57. The molecule has 1 aliphatic heterocycles. The van der Waals surface area contributed by atoms with Gasteiger partial charge in [-0.2, -0.15) is 5.26 Å². The number of pyridine rings is 1. The maximum atomic E-state index is 8.78. The molecule has 1 unspecified atom stereocenters. The van der Waals surface area contributed by atoms with E-state index in [-0.39, 0.29) is 6.10 Å². The van der Waals surface area contributed by atoms with E-state index in [0.29, 0.717) is 18.8 Å². The van der Waals surface area contributed by atoms with Crippen molar-refractivity contribution in [3.63, 3.8) is 0 Å². The Balaban J connectivity index is 1.78. The molecule has 1 atom stereocenters. The third-order valence-electron chi connectivity index (χ3n) is 3.74. The summed E-state index contributed by atoms with van der Waals surface area (Å²) in [6.07, 6.45) is 2.79. The Kier molecular flexibility index (Phi) is 4.33. The Morgan fingerprint density at radius 2 is 2.30 bits per heavy atom. The molecule has 0 saturated carbocycles. The summed E-state index contributed by atoms with van der Waals surface area (Å²) in [6.45, 7) is 5.28. The highest BCUT2D eigenvalue weighted by Gasteiger charge is 2.21. The van der Waals surface area contributed by atoms with Crippen molar-refractivity contribution in [1.29, 1.82) is 5.26 Å². The minimum Gasteiger partial charge on any atom is -0.494 e. The van der Waals surface area contributed by atoms with Crippen LogP contribution in [-0.4, -0.2) is 17.7 Å². The number of fused-ring (bicyclic) bond motifs is 1. The molecule has 0 saturated heterocycles. The maximum absolute atomic E-state index is 8.78. The monoisotopic (exact) mass is 309 g/mol. The van der Waals surface area contributed by atoms with Gasteiger partial charge in [0.1, 0.15) is 29.4 Å². The number of ether oxygens (including phenoxy) is 2. The van der Waals surface area contributed by atoms with Gasteiger partial charge in [-0.25, -0.2) is 4.98 Å². The number of aromatic nitrogens is 1. The fraction of sp³-hybridized carbons (Fsp3) is 0.333. The predicted octanol–water partition coefficient (Wildman–Crippen LogP) is 3.29. The summed E-state index contributed by atoms with van der Waals surface area (Å²) >= 11 is 0. The van der Waals surface area contributed by atoms with Gasteiger partial charge in [-0.3, -0.25) is 0 Å². The van der Waals surface area contributed by atoms with E-state index in [1.807, 2.05) is 25.1 Å². The zero-order valence-corrected chi connectivity index (χ0v) is 13.3. The van der Waals surface area contributed by atoms with Gasteiger partial charge in [0, 0.05) is 24.1 Å². The van der Waals surface area contributed by atoms with E-state index in [4.69, 9.17) is 14.7 Å². The van der Waals surface area contributed by atoms with E-state index in [2.05, 4.69) is 23.3 Å². The van der Waals surface area contributed by atoms with E-state index >= 15 is 0 Å². The molecular weight excluding hydrogens is 290 g/mol. The predicted molar refractivity (Wildman–Crippen MR) is 87.7 cm³/mol. The molecule has 5 nitrogen and oxygen atoms in total. The van der Waals surface area contributed by atoms with E-state index < -0.39 is 0 Å². The molecule has 5 heteroatoms. The maximum Gasteiger partial charge on any atom is 0.140 e. The Morgan fingerprint density at radius 3 is 3.00 bits per heavy atom. The van der Waals surface area contributed by atoms with Crippen molar-refractivity contribution < 1.29 is 9.47 Å². The number of hydrogen-bond acceptors (Lipinski definition) is 5. The van der Waals surface area contributed by atoms with Crippen LogP contribution in [-0.2, 0) is 13.0 Å². The second-order valence-corrected chi connectivity index (χ2v) is 5.53. The quantitative estimate of drug-likeness (QED) is 0.918. The minimum absolute atomic E-state index is 0.213. The van der Waals surface area contributed by atoms with Crippen LogP contribution in [0.25, 0.3) is 0 Å². The lowest BCUT2D eigenvalue weighted by atomic mass is 10.1. The standard InChI is InChI=1S/C18H19N3O2/c1-3-22-17-7-13-6-12(2)23-18(13)8-14(17)10-20-16-5-4-15(9-19)21-11-16/h4-5,7-8,11-12,20H,3,6,10H2,1-2H3. The first-order chi connectivity index (χ1) is 11.2. The fourth-order valence-corrected chi connectivity index (χ4v) is 2.67. The molecule has 23 heavy (non-hydrogen) atoms. The van der Waals surface area contributed by atoms with Crippen LogP contribution in [0.5, 0.6) is 11.5 Å². The summed E-state index contributed by atoms with van der Waals surface area (Å²) in [6, 6.07) is 9.68. The molecule has 0 spiro atoms. The summed E-state index contributed by atoms with van der Waals surface area (Å²) < 4.78 is 11.6. The number of rotatable bonds is 5. The Hall–Kier alpha value is -2.74. The summed E-state index contributed by atoms with van der Waals surface area (Å²) in [7, 11) is 0. The van der Waals surface area contributed by atoms with Crippen LogP contribution in [0, 0.1) is 11.3 Å². The van der Waals surface area contributed by atoms with Crippen molar-refractivity contribution in [2.75, 3.05) is 11.9 Å². The van der Waals surface area contributed by atoms with Crippen LogP contribution in [0.15, 0.2) is 30.5 Å². The molecule has 2 heterocycles. The number of hydrogen-bond donors (Lipinski definition) is 1. The highest BCUT2D eigenvalue weighted by molar-refractivity contribution is 5.51. The van der Waals surface area contributed by atoms with Gasteiger partial charge in [0.05, 0.1) is 18.5 Å². The first kappa shape index (κ1) is 15.2. The summed E-state index contributed by atoms with van der Waals surface area (Å²) in [4.78, 5) is 4.06. The third-order valence-corrected chi connectivity index (χ3v) is 3.74. The van der Waals surface area contributed by atoms with Crippen molar-refractivity contribution in [3.8, 4) is 17.6 Å². The zero-order valence-electron chi connectivity index (χ0n) is 13.3. The third kappa shape index (κ3) is 3.37. The molecule has 0 amide bonds. The van der Waals surface area contributed by atoms with Gasteiger partial charge in [0.25, 0.3) is 0 Å². The smallest absolute Gasteiger partial charge is 0.140 e. The average Bonchev–Trinajstić information content (AvgIpc) is 2.92. The molecule has 2 aromatic rings. The summed E-state index contributed by atoms with van der Waals surface area (Å²) in [5.74, 6) is 1.83. The van der Waals surface area contributed by atoms with Crippen molar-refractivity contribution in [3.05, 3.63) is 47.3 Å². The second-order valence-electron chi connectivity index (χ2n) is 5.53. The molecule has 1 aromatic carbocycles. The number of nitriles is 1. The van der Waals surface area contributed by atoms with Gasteiger partial charge in [-0.15, -0.1) is 0 Å². The zero-order chi connectivity index (χ0) is 16.2. The van der Waals surface area contributed by atoms with Crippen LogP contribution in [0.4, 0.5) is 5.69 Å². The van der Waals surface area contributed by atoms with Crippen LogP contribution >= 0.6 is 0 Å². The molecule has 3 rings (SSSR count). The Morgan fingerprint density at radius 1 is 1.43 bits per heavy atom. The van der Waals surface area contributed by atoms with Crippen LogP contribution in [0.1, 0.15) is 30.7 Å². The lowest BCUT2D eigenvalue weighted by molar-refractivity contribution is 0.254. The summed E-state index contributed by atoms with van der Waals surface area (Å²) in [5, 5.41) is 12.1. The van der Waals surface area contributed by atoms with Gasteiger partial charge in [-0.1, -0.05) is 0 Å². The van der Waals surface area contributed by atoms with Crippen LogP contribution in [0.2, 0.25) is 0 Å². The van der Waals surface area contributed by atoms with E-state index in [1.165, 1.54) is 5.56 Å². The molecule has 118 valence electrons. The van der Waals surface area contributed by atoms with Gasteiger partial charge in [0.2, 0.25) is 0 Å². The number of nitrogens with one attached hydrogen (secondary N) is 1. The molecule has 1 aromatic heterocycles. The highest BCUT2D eigenvalue weighted by Crippen LogP contribution is 2.35. The van der Waals surface area contributed by atoms with E-state index in [0.717, 1.165) is 29.2 Å². The number of anilines is 1. The molecule has 1 N–H and O–H groups in total. The SMILES string of the molecule is CCOc1cc2c(cc1CNc1ccc(C#N)nc1)OC(C)C2. The molecule has 0 radical (unpaired) electrons. The Bertz CT molecular complexity index is 735. The lowest BCUT2D eigenvalue weighted by Crippen LogP contribution is -2.05. The van der Waals surface area contributed by atoms with Crippen molar-refractivity contribution >= 4 is 5.69 Å². The van der Waals surface area contributed by atoms with Crippen molar-refractivity contribution in [2.24, 2.45) is 0 Å². The van der Waals surface area contributed by atoms with Gasteiger partial charge < -0.3 is 14.8 Å². The average molecular weight is 309 g/mol. The molecular formula is C18H19N3O2. The molecule has 0 bridgehead atoms. The van der Waals surface area contributed by atoms with Crippen LogP contribution in [0.3, 0.4) is 0 Å². The van der Waals surface area contributed by atoms with Gasteiger partial charge in [-0.05, 0) is 38.1 Å². The van der Waals surface area contributed by atoms with Crippen molar-refractivity contribution in [1.82, 2.24) is 4.98 Å². The summed E-state index contributed by atoms with van der Waals surface area (Å²) in [5.41, 5.74) is 3.51. The normalized spacial score (nSPS) is 15.4. The largest absolute Gasteiger partial charge is 0.494 e. The van der Waals surface area contributed by atoms with Gasteiger partial charge in [0.15, 0.2) is 0 Å². The molecule has 0 aliphatic carbocycles. The molecule has 0 fully saturated rings. The van der Waals surface area contributed by atoms with E-state index in [9.17, 15) is 0 Å². The lowest BCUT2D eigenvalue weighted by Gasteiger charge is -2.14. The first-order valence-corrected chi connectivity index (χ1v) is 7.75. The van der Waals surface area contributed by atoms with Gasteiger partial charge >= 0.3 is 0 Å². The first-order valence-electron chi connectivity index (χ1n) is 7.75. The Labute approximate surface area is 135 Å².